The van der Waals surface area contributed by atoms with E-state index in [1.54, 1.807) is 13.0 Å². The predicted octanol–water partition coefficient (Wildman–Crippen LogP) is 1.95. The molecule has 6 nitrogen and oxygen atoms in total. The maximum atomic E-state index is 11.8. The highest BCUT2D eigenvalue weighted by atomic mass is 32.2. The van der Waals surface area contributed by atoms with E-state index in [0.717, 1.165) is 30.7 Å². The number of H-pyrrole nitrogens is 1. The van der Waals surface area contributed by atoms with Crippen molar-refractivity contribution in [2.75, 3.05) is 12.9 Å². The number of hydrogen-bond acceptors (Lipinski definition) is 5. The van der Waals surface area contributed by atoms with Crippen molar-refractivity contribution in [3.8, 4) is 0 Å². The fourth-order valence-electron chi connectivity index (χ4n) is 3.12. The average molecular weight is 342 g/mol. The van der Waals surface area contributed by atoms with Gasteiger partial charge < -0.3 is 15.0 Å². The summed E-state index contributed by atoms with van der Waals surface area (Å²) in [5, 5.41) is 3.16. The maximum absolute atomic E-state index is 11.8. The summed E-state index contributed by atoms with van der Waals surface area (Å²) in [6, 6.07) is 2.00. The molecule has 0 amide bonds. The van der Waals surface area contributed by atoms with E-state index in [2.05, 4.69) is 10.3 Å². The normalized spacial score (nSPS) is 22.0. The lowest BCUT2D eigenvalue weighted by Gasteiger charge is -2.28. The van der Waals surface area contributed by atoms with Crippen LogP contribution in [0.1, 0.15) is 54.4 Å². The van der Waals surface area contributed by atoms with Gasteiger partial charge in [-0.25, -0.2) is 13.2 Å². The Morgan fingerprint density at radius 2 is 2.17 bits per heavy atom. The minimum absolute atomic E-state index is 0.193. The Balaban J connectivity index is 1.93. The molecule has 0 radical (unpaired) electrons. The number of rotatable bonds is 6. The topological polar surface area (TPSA) is 88.3 Å². The Morgan fingerprint density at radius 1 is 1.43 bits per heavy atom. The third kappa shape index (κ3) is 4.81. The summed E-state index contributed by atoms with van der Waals surface area (Å²) in [7, 11) is -2.97. The number of hydrogen-bond donors (Lipinski definition) is 2. The van der Waals surface area contributed by atoms with Gasteiger partial charge in [0.25, 0.3) is 0 Å². The smallest absolute Gasteiger partial charge is 0.339 e. The molecule has 2 N–H and O–H groups in total. The first kappa shape index (κ1) is 18.0. The molecule has 2 unspecified atom stereocenters. The van der Waals surface area contributed by atoms with Crippen LogP contribution in [0.2, 0.25) is 0 Å². The Bertz CT molecular complexity index is 651. The van der Waals surface area contributed by atoms with E-state index in [4.69, 9.17) is 4.74 Å². The molecule has 1 aliphatic carbocycles. The van der Waals surface area contributed by atoms with Crippen molar-refractivity contribution in [2.45, 2.75) is 57.4 Å². The highest BCUT2D eigenvalue weighted by Crippen LogP contribution is 2.24. The summed E-state index contributed by atoms with van der Waals surface area (Å²) in [6.07, 6.45) is 4.64. The molecule has 0 bridgehead atoms. The third-order valence-electron chi connectivity index (χ3n) is 4.38. The number of carbonyl (C=O) groups is 1. The second-order valence-corrected chi connectivity index (χ2v) is 8.58. The van der Waals surface area contributed by atoms with E-state index >= 15 is 0 Å². The zero-order chi connectivity index (χ0) is 17.0. The second kappa shape index (κ2) is 7.49. The quantitative estimate of drug-likeness (QED) is 0.772. The Morgan fingerprint density at radius 3 is 2.83 bits per heavy atom. The Hall–Kier alpha value is -1.34. The first-order valence-electron chi connectivity index (χ1n) is 8.09. The molecular formula is C16H26N2O4S. The standard InChI is InChI=1S/C16H26N2O4S/c1-4-22-16(19)15-9-13(18-11(15)2)10-17-12-6-5-7-14(8-12)23(3,20)21/h9,12,14,17-18H,4-8,10H2,1-3H3. The molecule has 1 fully saturated rings. The molecule has 2 atom stereocenters. The zero-order valence-corrected chi connectivity index (χ0v) is 14.8. The van der Waals surface area contributed by atoms with E-state index in [1.807, 2.05) is 6.92 Å². The number of carbonyl (C=O) groups excluding carboxylic acids is 1. The molecule has 0 aromatic carbocycles. The van der Waals surface area contributed by atoms with Gasteiger partial charge in [-0.05, 0) is 39.2 Å². The van der Waals surface area contributed by atoms with Gasteiger partial charge in [0.2, 0.25) is 0 Å². The van der Waals surface area contributed by atoms with Gasteiger partial charge >= 0.3 is 5.97 Å². The summed E-state index contributed by atoms with van der Waals surface area (Å²) in [4.78, 5) is 15.0. The van der Waals surface area contributed by atoms with Crippen molar-refractivity contribution >= 4 is 15.8 Å². The molecule has 0 saturated heterocycles. The summed E-state index contributed by atoms with van der Waals surface area (Å²) in [6.45, 7) is 4.56. The SMILES string of the molecule is CCOC(=O)c1cc(CNC2CCCC(S(C)(=O)=O)C2)[nH]c1C. The summed E-state index contributed by atoms with van der Waals surface area (Å²) in [5.74, 6) is -0.317. The van der Waals surface area contributed by atoms with Crippen LogP contribution in [0.5, 0.6) is 0 Å². The van der Waals surface area contributed by atoms with Crippen molar-refractivity contribution in [3.63, 3.8) is 0 Å². The van der Waals surface area contributed by atoms with Crippen molar-refractivity contribution in [1.82, 2.24) is 10.3 Å². The molecule has 1 aliphatic rings. The van der Waals surface area contributed by atoms with Crippen LogP contribution in [0, 0.1) is 6.92 Å². The number of esters is 1. The van der Waals surface area contributed by atoms with Crippen molar-refractivity contribution < 1.29 is 17.9 Å². The van der Waals surface area contributed by atoms with Gasteiger partial charge in [0.1, 0.15) is 9.84 Å². The summed E-state index contributed by atoms with van der Waals surface area (Å²) in [5.41, 5.74) is 2.26. The summed E-state index contributed by atoms with van der Waals surface area (Å²) >= 11 is 0. The van der Waals surface area contributed by atoms with Crippen LogP contribution in [0.25, 0.3) is 0 Å². The zero-order valence-electron chi connectivity index (χ0n) is 14.0. The number of nitrogens with one attached hydrogen (secondary N) is 2. The number of aromatic nitrogens is 1. The molecule has 1 aromatic rings. The van der Waals surface area contributed by atoms with E-state index in [9.17, 15) is 13.2 Å². The predicted molar refractivity (Wildman–Crippen MR) is 89.2 cm³/mol. The van der Waals surface area contributed by atoms with Crippen LogP contribution in [0.15, 0.2) is 6.07 Å². The summed E-state index contributed by atoms with van der Waals surface area (Å²) < 4.78 is 28.4. The molecule has 1 saturated carbocycles. The van der Waals surface area contributed by atoms with Crippen LogP contribution in [0.3, 0.4) is 0 Å². The van der Waals surface area contributed by atoms with Gasteiger partial charge in [-0.15, -0.1) is 0 Å². The first-order chi connectivity index (χ1) is 10.8. The van der Waals surface area contributed by atoms with Crippen molar-refractivity contribution in [3.05, 3.63) is 23.0 Å². The highest BCUT2D eigenvalue weighted by molar-refractivity contribution is 7.91. The minimum Gasteiger partial charge on any atom is -0.462 e. The van der Waals surface area contributed by atoms with Crippen LogP contribution < -0.4 is 5.32 Å². The molecule has 0 spiro atoms. The van der Waals surface area contributed by atoms with Gasteiger partial charge in [0.15, 0.2) is 0 Å². The fourth-order valence-corrected chi connectivity index (χ4v) is 4.29. The van der Waals surface area contributed by atoms with Gasteiger partial charge in [-0.2, -0.15) is 0 Å². The number of aryl methyl sites for hydroxylation is 1. The second-order valence-electron chi connectivity index (χ2n) is 6.25. The molecule has 1 heterocycles. The average Bonchev–Trinajstić information content (AvgIpc) is 2.86. The lowest BCUT2D eigenvalue weighted by atomic mass is 9.95. The Kier molecular flexibility index (Phi) is 5.86. The van der Waals surface area contributed by atoms with E-state index in [-0.39, 0.29) is 17.3 Å². The van der Waals surface area contributed by atoms with Crippen molar-refractivity contribution in [2.24, 2.45) is 0 Å². The molecule has 2 rings (SSSR count). The third-order valence-corrected chi connectivity index (χ3v) is 6.02. The lowest BCUT2D eigenvalue weighted by molar-refractivity contribution is 0.0525. The van der Waals surface area contributed by atoms with E-state index < -0.39 is 9.84 Å². The van der Waals surface area contributed by atoms with E-state index in [0.29, 0.717) is 25.1 Å². The van der Waals surface area contributed by atoms with Crippen LogP contribution in [0.4, 0.5) is 0 Å². The first-order valence-corrected chi connectivity index (χ1v) is 10.0. The van der Waals surface area contributed by atoms with Crippen molar-refractivity contribution in [1.29, 1.82) is 0 Å². The highest BCUT2D eigenvalue weighted by Gasteiger charge is 2.28. The van der Waals surface area contributed by atoms with Crippen LogP contribution >= 0.6 is 0 Å². The number of aromatic amines is 1. The molecule has 130 valence electrons. The maximum Gasteiger partial charge on any atom is 0.339 e. The largest absolute Gasteiger partial charge is 0.462 e. The molecular weight excluding hydrogens is 316 g/mol. The van der Waals surface area contributed by atoms with E-state index in [1.165, 1.54) is 6.26 Å². The van der Waals surface area contributed by atoms with Gasteiger partial charge in [0, 0.05) is 30.2 Å². The van der Waals surface area contributed by atoms with Gasteiger partial charge in [-0.3, -0.25) is 0 Å². The monoisotopic (exact) mass is 342 g/mol. The molecule has 23 heavy (non-hydrogen) atoms. The van der Waals surface area contributed by atoms with Gasteiger partial charge in [-0.1, -0.05) is 6.42 Å². The van der Waals surface area contributed by atoms with Gasteiger partial charge in [0.05, 0.1) is 17.4 Å². The molecule has 1 aromatic heterocycles. The minimum atomic E-state index is -2.97. The fraction of sp³-hybridized carbons (Fsp3) is 0.688. The van der Waals surface area contributed by atoms with Crippen LogP contribution in [-0.2, 0) is 21.1 Å². The number of ether oxygens (including phenoxy) is 1. The number of sulfone groups is 1. The Labute approximate surface area is 137 Å². The van der Waals surface area contributed by atoms with Crippen LogP contribution in [-0.4, -0.2) is 43.5 Å². The molecule has 7 heteroatoms. The molecule has 0 aliphatic heterocycles. The lowest BCUT2D eigenvalue weighted by Crippen LogP contribution is -2.38.